The van der Waals surface area contributed by atoms with Gasteiger partial charge in [-0.2, -0.15) is 0 Å². The van der Waals surface area contributed by atoms with Crippen LogP contribution in [0.1, 0.15) is 28.9 Å². The number of carbonyl (C=O) groups excluding carboxylic acids is 2. The van der Waals surface area contributed by atoms with Crippen molar-refractivity contribution < 1.29 is 14.0 Å². The number of fused-ring (bicyclic) bond motifs is 1. The van der Waals surface area contributed by atoms with E-state index in [-0.39, 0.29) is 11.8 Å². The largest absolute Gasteiger partial charge is 0.357 e. The van der Waals surface area contributed by atoms with Gasteiger partial charge < -0.3 is 15.6 Å². The first kappa shape index (κ1) is 17.4. The van der Waals surface area contributed by atoms with Gasteiger partial charge in [0, 0.05) is 34.4 Å². The molecule has 3 N–H and O–H groups in total. The lowest BCUT2D eigenvalue weighted by molar-refractivity contribution is -0.115. The van der Waals surface area contributed by atoms with E-state index in [1.54, 1.807) is 12.1 Å². The van der Waals surface area contributed by atoms with Gasteiger partial charge in [0.15, 0.2) is 0 Å². The van der Waals surface area contributed by atoms with Crippen molar-refractivity contribution in [1.29, 1.82) is 0 Å². The van der Waals surface area contributed by atoms with E-state index in [1.165, 1.54) is 12.1 Å². The van der Waals surface area contributed by atoms with Gasteiger partial charge in [-0.1, -0.05) is 15.9 Å². The SMILES string of the molecule is Cc1[nH]c(/C=C2\C(=O)Nc3ccc(F)cc32)c(C)c1NC(=O)CCBr. The molecule has 2 amide bonds. The van der Waals surface area contributed by atoms with Crippen molar-refractivity contribution in [2.24, 2.45) is 0 Å². The third kappa shape index (κ3) is 3.37. The van der Waals surface area contributed by atoms with E-state index in [1.807, 2.05) is 13.8 Å². The van der Waals surface area contributed by atoms with Gasteiger partial charge in [0.2, 0.25) is 5.91 Å². The highest BCUT2D eigenvalue weighted by Gasteiger charge is 2.25. The smallest absolute Gasteiger partial charge is 0.256 e. The Balaban J connectivity index is 1.99. The van der Waals surface area contributed by atoms with Crippen molar-refractivity contribution in [3.8, 4) is 0 Å². The third-order valence-electron chi connectivity index (χ3n) is 4.12. The molecule has 0 fully saturated rings. The first-order valence-corrected chi connectivity index (χ1v) is 8.90. The Bertz CT molecular complexity index is 902. The number of halogens is 2. The van der Waals surface area contributed by atoms with E-state index in [4.69, 9.17) is 0 Å². The summed E-state index contributed by atoms with van der Waals surface area (Å²) in [4.78, 5) is 27.2. The Morgan fingerprint density at radius 2 is 2.12 bits per heavy atom. The second-order valence-electron chi connectivity index (χ2n) is 5.85. The van der Waals surface area contributed by atoms with Crippen LogP contribution in [-0.2, 0) is 9.59 Å². The number of aryl methyl sites for hydroxylation is 1. The van der Waals surface area contributed by atoms with Crippen molar-refractivity contribution in [1.82, 2.24) is 4.98 Å². The molecule has 0 aliphatic carbocycles. The van der Waals surface area contributed by atoms with Crippen LogP contribution in [0, 0.1) is 19.7 Å². The summed E-state index contributed by atoms with van der Waals surface area (Å²) < 4.78 is 13.5. The fourth-order valence-electron chi connectivity index (χ4n) is 2.84. The zero-order chi connectivity index (χ0) is 18.1. The van der Waals surface area contributed by atoms with Crippen LogP contribution in [0.2, 0.25) is 0 Å². The molecule has 0 atom stereocenters. The maximum Gasteiger partial charge on any atom is 0.256 e. The Labute approximate surface area is 152 Å². The molecule has 3 rings (SSSR count). The van der Waals surface area contributed by atoms with Crippen LogP contribution >= 0.6 is 15.9 Å². The molecule has 5 nitrogen and oxygen atoms in total. The molecule has 2 aromatic rings. The van der Waals surface area contributed by atoms with Crippen LogP contribution in [0.3, 0.4) is 0 Å². The molecule has 0 saturated carbocycles. The summed E-state index contributed by atoms with van der Waals surface area (Å²) in [6, 6.07) is 4.19. The number of hydrogen-bond donors (Lipinski definition) is 3. The van der Waals surface area contributed by atoms with Crippen LogP contribution in [0.4, 0.5) is 15.8 Å². The maximum atomic E-state index is 13.5. The summed E-state index contributed by atoms with van der Waals surface area (Å²) in [5.74, 6) is -0.771. The Hall–Kier alpha value is -2.41. The molecule has 0 saturated heterocycles. The van der Waals surface area contributed by atoms with Gasteiger partial charge in [-0.25, -0.2) is 4.39 Å². The quantitative estimate of drug-likeness (QED) is 0.531. The molecule has 1 aromatic carbocycles. The van der Waals surface area contributed by atoms with Crippen molar-refractivity contribution in [2.75, 3.05) is 16.0 Å². The molecule has 0 bridgehead atoms. The number of aromatic amines is 1. The lowest BCUT2D eigenvalue weighted by atomic mass is 10.0. The Kier molecular flexibility index (Phi) is 4.76. The molecule has 1 aromatic heterocycles. The highest BCUT2D eigenvalue weighted by Crippen LogP contribution is 2.35. The average molecular weight is 406 g/mol. The summed E-state index contributed by atoms with van der Waals surface area (Å²) in [5, 5.41) is 6.18. The lowest BCUT2D eigenvalue weighted by Crippen LogP contribution is -2.12. The number of alkyl halides is 1. The molecule has 1 aliphatic rings. The predicted octanol–water partition coefficient (Wildman–Crippen LogP) is 3.99. The number of benzene rings is 1. The van der Waals surface area contributed by atoms with Crippen LogP contribution < -0.4 is 10.6 Å². The fourth-order valence-corrected chi connectivity index (χ4v) is 3.20. The van der Waals surface area contributed by atoms with E-state index in [0.29, 0.717) is 40.0 Å². The summed E-state index contributed by atoms with van der Waals surface area (Å²) in [6.45, 7) is 3.71. The third-order valence-corrected chi connectivity index (χ3v) is 4.51. The second kappa shape index (κ2) is 6.84. The van der Waals surface area contributed by atoms with E-state index in [2.05, 4.69) is 31.5 Å². The van der Waals surface area contributed by atoms with Crippen LogP contribution in [0.25, 0.3) is 11.6 Å². The van der Waals surface area contributed by atoms with E-state index >= 15 is 0 Å². The van der Waals surface area contributed by atoms with Gasteiger partial charge in [0.05, 0.1) is 11.3 Å². The topological polar surface area (TPSA) is 74.0 Å². The number of carbonyl (C=O) groups is 2. The molecular formula is C18H17BrFN3O2. The van der Waals surface area contributed by atoms with Crippen LogP contribution in [0.15, 0.2) is 18.2 Å². The lowest BCUT2D eigenvalue weighted by Gasteiger charge is -2.05. The van der Waals surface area contributed by atoms with Crippen molar-refractivity contribution >= 4 is 50.8 Å². The maximum absolute atomic E-state index is 13.5. The minimum absolute atomic E-state index is 0.0905. The molecule has 25 heavy (non-hydrogen) atoms. The molecule has 2 heterocycles. The minimum atomic E-state index is -0.400. The number of aromatic nitrogens is 1. The zero-order valence-corrected chi connectivity index (χ0v) is 15.4. The first-order chi connectivity index (χ1) is 11.9. The van der Waals surface area contributed by atoms with E-state index in [0.717, 1.165) is 11.3 Å². The van der Waals surface area contributed by atoms with Gasteiger partial charge in [-0.15, -0.1) is 0 Å². The van der Waals surface area contributed by atoms with Gasteiger partial charge in [0.1, 0.15) is 5.82 Å². The number of amides is 2. The highest BCUT2D eigenvalue weighted by atomic mass is 79.9. The van der Waals surface area contributed by atoms with Crippen LogP contribution in [-0.4, -0.2) is 22.1 Å². The standard InChI is InChI=1S/C18H17BrFN3O2/c1-9-15(21-10(2)17(9)23-16(24)5-6-19)8-13-12-7-11(20)3-4-14(12)22-18(13)25/h3-4,7-8,21H,5-6H2,1-2H3,(H,22,25)(H,23,24)/b13-8-. The summed E-state index contributed by atoms with van der Waals surface area (Å²) >= 11 is 3.24. The first-order valence-electron chi connectivity index (χ1n) is 7.78. The average Bonchev–Trinajstić information content (AvgIpc) is 2.99. The van der Waals surface area contributed by atoms with Gasteiger partial charge in [-0.3, -0.25) is 9.59 Å². The molecule has 130 valence electrons. The van der Waals surface area contributed by atoms with E-state index in [9.17, 15) is 14.0 Å². The van der Waals surface area contributed by atoms with Gasteiger partial charge in [0.25, 0.3) is 5.91 Å². The van der Waals surface area contributed by atoms with Crippen LogP contribution in [0.5, 0.6) is 0 Å². The number of H-pyrrole nitrogens is 1. The van der Waals surface area contributed by atoms with E-state index < -0.39 is 5.82 Å². The summed E-state index contributed by atoms with van der Waals surface area (Å²) in [6.07, 6.45) is 2.05. The predicted molar refractivity (Wildman–Crippen MR) is 100 cm³/mol. The minimum Gasteiger partial charge on any atom is -0.357 e. The zero-order valence-electron chi connectivity index (χ0n) is 13.8. The number of hydrogen-bond acceptors (Lipinski definition) is 2. The number of anilines is 2. The van der Waals surface area contributed by atoms with Crippen molar-refractivity contribution in [3.05, 3.63) is 46.5 Å². The monoisotopic (exact) mass is 405 g/mol. The second-order valence-corrected chi connectivity index (χ2v) is 6.65. The summed E-state index contributed by atoms with van der Waals surface area (Å²) in [5.41, 5.74) is 4.53. The van der Waals surface area contributed by atoms with Gasteiger partial charge >= 0.3 is 0 Å². The molecular weight excluding hydrogens is 389 g/mol. The van der Waals surface area contributed by atoms with Crippen molar-refractivity contribution in [2.45, 2.75) is 20.3 Å². The van der Waals surface area contributed by atoms with Crippen molar-refractivity contribution in [3.63, 3.8) is 0 Å². The molecule has 0 radical (unpaired) electrons. The molecule has 7 heteroatoms. The molecule has 0 spiro atoms. The fraction of sp³-hybridized carbons (Fsp3) is 0.222. The Morgan fingerprint density at radius 1 is 1.36 bits per heavy atom. The highest BCUT2D eigenvalue weighted by molar-refractivity contribution is 9.09. The normalized spacial score (nSPS) is 14.6. The molecule has 0 unspecified atom stereocenters. The number of nitrogens with one attached hydrogen (secondary N) is 3. The van der Waals surface area contributed by atoms with Gasteiger partial charge in [-0.05, 0) is 43.7 Å². The number of rotatable bonds is 4. The Morgan fingerprint density at radius 3 is 2.84 bits per heavy atom. The summed E-state index contributed by atoms with van der Waals surface area (Å²) in [7, 11) is 0. The molecule has 1 aliphatic heterocycles.